The van der Waals surface area contributed by atoms with Crippen LogP contribution in [0, 0.1) is 0 Å². The molecule has 1 aliphatic carbocycles. The molecule has 0 radical (unpaired) electrons. The van der Waals surface area contributed by atoms with Crippen molar-refractivity contribution in [2.75, 3.05) is 66.1 Å². The Morgan fingerprint density at radius 2 is 0.629 bits per heavy atom. The van der Waals surface area contributed by atoms with E-state index in [0.717, 1.165) is 49.9 Å². The zero-order valence-electron chi connectivity index (χ0n) is 66.7. The van der Waals surface area contributed by atoms with E-state index >= 15 is 0 Å². The molecule has 50 heteroatoms. The average Bonchev–Trinajstić information content (AvgIpc) is 1.30. The summed E-state index contributed by atoms with van der Waals surface area (Å²) in [6, 6.07) is 4.96. The molecule has 0 bridgehead atoms. The molecule has 5 amide bonds. The number of hydrogen-bond donors (Lipinski definition) is 27. The SMILES string of the molecule is CC(=O)N[C@H]1[C@H](O[C@H]2[C@@H](O)[C@@H](CO)O[C@@H](O[C@H]3[C@@H](O)[C@@H](CO[C@@H]4O[C@H](CO)[C@@H](O[C@@H]5O[C@H](CO)[C@H](O)[C@H](O[C@@H]6O[C@H](CO)[C@@H](O[C@@H]7O[C@H](CO)[C@H](O)[C@H](O)[C@H]7O)[C@H](O)[C@H]6NC(C)=O)[C@H]5O)[C@H](O)[C@H]4NC(C)=O)O[C@H](OC[C@H](NC(=O)OCC4c5ccccc5-c5ccccc54)C(=O)O)[C@@H]3NC(C)=O)[C@@H]2O)O[C@H](CO)[C@@H](O[C@@H]2O[C@H](CO)[C@H](O)[C@H](O)[C@H]2O)[C@@H]1O. The number of carbonyl (C=O) groups is 6. The minimum Gasteiger partial charge on any atom is -0.480 e. The van der Waals surface area contributed by atoms with Crippen molar-refractivity contribution in [1.82, 2.24) is 26.6 Å². The molecule has 0 spiro atoms. The van der Waals surface area contributed by atoms with Gasteiger partial charge in [0.05, 0.1) is 59.5 Å². The fourth-order valence-corrected chi connectivity index (χ4v) is 16.3. The summed E-state index contributed by atoms with van der Waals surface area (Å²) in [5, 5.41) is 256. The molecule has 11 rings (SSSR count). The number of amides is 5. The van der Waals surface area contributed by atoms with E-state index in [0.29, 0.717) is 0 Å². The number of carboxylic acids is 1. The van der Waals surface area contributed by atoms with Crippen LogP contribution in [0.4, 0.5) is 4.79 Å². The van der Waals surface area contributed by atoms with Gasteiger partial charge in [0.25, 0.3) is 0 Å². The van der Waals surface area contributed by atoms with Crippen molar-refractivity contribution >= 4 is 35.7 Å². The molecule has 2 aromatic carbocycles. The maximum absolute atomic E-state index is 13.7. The number of rotatable bonds is 33. The maximum atomic E-state index is 13.7. The van der Waals surface area contributed by atoms with Crippen LogP contribution in [0.25, 0.3) is 11.1 Å². The van der Waals surface area contributed by atoms with Crippen LogP contribution < -0.4 is 26.6 Å². The highest BCUT2D eigenvalue weighted by Crippen LogP contribution is 2.45. The number of fused-ring (bicyclic) bond motifs is 3. The molecule has 0 saturated carbocycles. The molecule has 2 aromatic rings. The number of alkyl carbamates (subject to hydrolysis) is 1. The molecule has 50 nitrogen and oxygen atoms in total. The summed E-state index contributed by atoms with van der Waals surface area (Å²) >= 11 is 0. The highest BCUT2D eigenvalue weighted by Gasteiger charge is 2.61. The molecule has 124 heavy (non-hydrogen) atoms. The zero-order chi connectivity index (χ0) is 90.3. The number of benzene rings is 2. The van der Waals surface area contributed by atoms with Crippen LogP contribution in [-0.2, 0) is 104 Å². The monoisotopic (exact) mass is 1790 g/mol. The van der Waals surface area contributed by atoms with Gasteiger partial charge in [0.2, 0.25) is 23.6 Å². The van der Waals surface area contributed by atoms with Gasteiger partial charge in [0.1, 0.15) is 202 Å². The number of nitrogens with one attached hydrogen (secondary N) is 5. The quantitative estimate of drug-likeness (QED) is 0.0315. The predicted molar refractivity (Wildman–Crippen MR) is 394 cm³/mol. The number of aliphatic hydroxyl groups excluding tert-OH is 21. The second kappa shape index (κ2) is 43.3. The van der Waals surface area contributed by atoms with Gasteiger partial charge in [-0.25, -0.2) is 9.59 Å². The third-order valence-electron chi connectivity index (χ3n) is 22.6. The summed E-state index contributed by atoms with van der Waals surface area (Å²) in [6.07, 6.45) is -74.1. The average molecular weight is 1790 g/mol. The molecule has 8 heterocycles. The first-order chi connectivity index (χ1) is 59.0. The Kier molecular flexibility index (Phi) is 34.3. The van der Waals surface area contributed by atoms with Gasteiger partial charge in [0, 0.05) is 33.6 Å². The lowest BCUT2D eigenvalue weighted by atomic mass is 9.94. The highest BCUT2D eigenvalue weighted by atomic mass is 16.8. The number of carboxylic acid groups (broad SMARTS) is 1. The van der Waals surface area contributed by atoms with Crippen molar-refractivity contribution in [2.45, 2.75) is 285 Å². The Balaban J connectivity index is 0.846. The fourth-order valence-electron chi connectivity index (χ4n) is 16.3. The zero-order valence-corrected chi connectivity index (χ0v) is 66.7. The lowest BCUT2D eigenvalue weighted by molar-refractivity contribution is -0.380. The minimum atomic E-state index is -2.43. The first-order valence-corrected chi connectivity index (χ1v) is 39.6. The smallest absolute Gasteiger partial charge is 0.407 e. The summed E-state index contributed by atoms with van der Waals surface area (Å²) < 4.78 is 101. The van der Waals surface area contributed by atoms with Crippen molar-refractivity contribution < 1.29 is 222 Å². The third kappa shape index (κ3) is 21.7. The van der Waals surface area contributed by atoms with Crippen molar-refractivity contribution in [1.29, 1.82) is 0 Å². The summed E-state index contributed by atoms with van der Waals surface area (Å²) in [5.74, 6) is -5.98. The second-order valence-corrected chi connectivity index (χ2v) is 31.0. The maximum Gasteiger partial charge on any atom is 0.407 e. The van der Waals surface area contributed by atoms with Crippen LogP contribution in [0.2, 0.25) is 0 Å². The van der Waals surface area contributed by atoms with E-state index in [1.807, 2.05) is 36.4 Å². The minimum absolute atomic E-state index is 0.304. The summed E-state index contributed by atoms with van der Waals surface area (Å²) in [7, 11) is 0. The van der Waals surface area contributed by atoms with Crippen molar-refractivity contribution in [3.8, 4) is 11.1 Å². The number of aliphatic hydroxyl groups is 21. The lowest BCUT2D eigenvalue weighted by Gasteiger charge is -2.50. The van der Waals surface area contributed by atoms with Crippen molar-refractivity contribution in [3.63, 3.8) is 0 Å². The first-order valence-electron chi connectivity index (χ1n) is 39.6. The Morgan fingerprint density at radius 1 is 0.323 bits per heavy atom. The van der Waals surface area contributed by atoms with Crippen LogP contribution in [0.3, 0.4) is 0 Å². The molecule has 41 atom stereocenters. The van der Waals surface area contributed by atoms with E-state index in [1.165, 1.54) is 0 Å². The van der Waals surface area contributed by atoms with Gasteiger partial charge in [-0.05, 0) is 22.3 Å². The number of hydrogen-bond acceptors (Lipinski definition) is 44. The molecule has 0 aromatic heterocycles. The van der Waals surface area contributed by atoms with Gasteiger partial charge in [-0.15, -0.1) is 0 Å². The molecule has 27 N–H and O–H groups in total. The number of aliphatic carboxylic acids is 1. The lowest BCUT2D eigenvalue weighted by Crippen LogP contribution is -2.70. The van der Waals surface area contributed by atoms with Gasteiger partial charge >= 0.3 is 12.1 Å². The summed E-state index contributed by atoms with van der Waals surface area (Å²) in [5.41, 5.74) is 3.31. The topological polar surface area (TPSA) is 765 Å². The Hall–Kier alpha value is -6.42. The Bertz CT molecular complexity index is 3790. The Labute approximate surface area is 703 Å². The molecule has 700 valence electrons. The van der Waals surface area contributed by atoms with E-state index in [1.54, 1.807) is 12.1 Å². The molecule has 8 saturated heterocycles. The normalized spacial score (nSPS) is 42.1. The summed E-state index contributed by atoms with van der Waals surface area (Å²) in [6.45, 7) is -6.09. The number of ether oxygens (including phenoxy) is 17. The molecule has 9 aliphatic rings. The van der Waals surface area contributed by atoms with Gasteiger partial charge < -0.3 is 219 Å². The molecule has 8 aliphatic heterocycles. The van der Waals surface area contributed by atoms with E-state index in [2.05, 4.69) is 26.6 Å². The molecule has 8 fully saturated rings. The largest absolute Gasteiger partial charge is 0.480 e. The van der Waals surface area contributed by atoms with Crippen LogP contribution in [0.1, 0.15) is 44.7 Å². The molecular weight excluding hydrogens is 1680 g/mol. The first kappa shape index (κ1) is 98.2. The van der Waals surface area contributed by atoms with Crippen molar-refractivity contribution in [3.05, 3.63) is 59.7 Å². The second-order valence-electron chi connectivity index (χ2n) is 31.0. The van der Waals surface area contributed by atoms with Crippen LogP contribution >= 0.6 is 0 Å². The van der Waals surface area contributed by atoms with Crippen LogP contribution in [0.15, 0.2) is 48.5 Å². The van der Waals surface area contributed by atoms with Crippen LogP contribution in [0.5, 0.6) is 0 Å². The molecule has 0 unspecified atom stereocenters. The van der Waals surface area contributed by atoms with E-state index in [9.17, 15) is 141 Å². The van der Waals surface area contributed by atoms with Gasteiger partial charge in [-0.3, -0.25) is 19.2 Å². The number of carbonyl (C=O) groups excluding carboxylic acids is 5. The standard InChI is InChI=1S/C74H109N5O45/c1-23(87)75-41-50(96)59(121-72-57(103)63(47(93)35(15-82)113-72)123-68-42(76-24(2)88)51(97)60(38(18-85)116-68)119-70-55(101)53(99)45(91)33(13-80)111-70)37(17-84)115-66(41)109-22-40-49(95)62(44(78-26(4)90)67(118-40)108-21-32(65(105)106)79-74(107)110-20-31-29-11-7-5-9-27(29)28-10-6-8-12-30(28)31)122-73-58(104)64(48(94)36(16-83)114-73)124-69-43(77-25(3)89)52(98)61(39(19-86)117-69)120-71-56(102)54(100)46(92)34(14-81)112-71/h5-12,31-64,66-73,80-86,91-104H,13-22H2,1-4H3,(H,75,87)(H,76,88)(H,77,89)(H,78,90)(H,79,107)(H,105,106)/t32-,33+,34+,35+,36+,37+,38+,39+,40+,41+,42+,43+,44+,45-,46-,47-,48-,49-,50+,51+,52+,53-,54-,55+,56+,57+,58+,59+,60+,61+,62+,63-,64-,66+,67-,68-,69-,70-,71-,72-,73-/m0/s1. The van der Waals surface area contributed by atoms with Gasteiger partial charge in [-0.2, -0.15) is 0 Å². The van der Waals surface area contributed by atoms with Gasteiger partial charge in [0.15, 0.2) is 56.4 Å². The highest BCUT2D eigenvalue weighted by molar-refractivity contribution is 5.81. The van der Waals surface area contributed by atoms with Gasteiger partial charge in [-0.1, -0.05) is 48.5 Å². The van der Waals surface area contributed by atoms with E-state index in [-0.39, 0.29) is 6.61 Å². The predicted octanol–water partition coefficient (Wildman–Crippen LogP) is -14.9. The van der Waals surface area contributed by atoms with Crippen LogP contribution in [-0.4, -0.2) is 466 Å². The molecular formula is C74H109N5O45. The van der Waals surface area contributed by atoms with E-state index in [4.69, 9.17) is 80.5 Å². The third-order valence-corrected chi connectivity index (χ3v) is 22.6. The fraction of sp³-hybridized carbons (Fsp3) is 0.757. The summed E-state index contributed by atoms with van der Waals surface area (Å²) in [4.78, 5) is 79.1. The van der Waals surface area contributed by atoms with E-state index < -0.39 is 353 Å². The van der Waals surface area contributed by atoms with Crippen molar-refractivity contribution in [2.24, 2.45) is 0 Å². The Morgan fingerprint density at radius 3 is 1.01 bits per heavy atom.